The van der Waals surface area contributed by atoms with E-state index in [0.29, 0.717) is 0 Å². The summed E-state index contributed by atoms with van der Waals surface area (Å²) in [5.74, 6) is 0. The molecule has 9 aromatic rings. The number of hydrogen-bond acceptors (Lipinski definition) is 2. The van der Waals surface area contributed by atoms with Crippen molar-refractivity contribution in [1.82, 2.24) is 0 Å². The molecule has 0 radical (unpaired) electrons. The zero-order valence-corrected chi connectivity index (χ0v) is 28.0. The van der Waals surface area contributed by atoms with Crippen LogP contribution in [0.15, 0.2) is 194 Å². The number of nitrogens with zero attached hydrogens (tertiary/aromatic N) is 1. The Morgan fingerprint density at radius 2 is 0.882 bits per heavy atom. The van der Waals surface area contributed by atoms with Crippen LogP contribution < -0.4 is 10.2 Å². The van der Waals surface area contributed by atoms with Gasteiger partial charge in [-0.05, 0) is 102 Å². The summed E-state index contributed by atoms with van der Waals surface area (Å²) in [6.07, 6.45) is -0.0269. The largest absolute Gasteiger partial charge is 0.359 e. The molecule has 0 amide bonds. The first-order valence-corrected chi connectivity index (χ1v) is 17.6. The lowest BCUT2D eigenvalue weighted by Crippen LogP contribution is -2.23. The fourth-order valence-corrected chi connectivity index (χ4v) is 8.05. The zero-order chi connectivity index (χ0) is 33.7. The summed E-state index contributed by atoms with van der Waals surface area (Å²) in [5.41, 5.74) is 12.1. The monoisotopic (exact) mass is 650 g/mol. The fraction of sp³-hybridized carbons (Fsp3) is 0.0204. The summed E-state index contributed by atoms with van der Waals surface area (Å²) in [5, 5.41) is 11.4. The lowest BCUT2D eigenvalue weighted by Gasteiger charge is -2.28. The average Bonchev–Trinajstić information content (AvgIpc) is 3.60. The molecule has 2 heteroatoms. The summed E-state index contributed by atoms with van der Waals surface area (Å²) < 4.78 is 0. The van der Waals surface area contributed by atoms with Gasteiger partial charge in [-0.2, -0.15) is 0 Å². The van der Waals surface area contributed by atoms with E-state index < -0.39 is 0 Å². The van der Waals surface area contributed by atoms with Crippen molar-refractivity contribution in [2.24, 2.45) is 0 Å². The quantitative estimate of drug-likeness (QED) is 0.187. The Hall–Kier alpha value is -6.64. The van der Waals surface area contributed by atoms with Gasteiger partial charge in [-0.3, -0.25) is 0 Å². The van der Waals surface area contributed by atoms with Crippen LogP contribution in [-0.2, 0) is 0 Å². The van der Waals surface area contributed by atoms with Gasteiger partial charge in [0.05, 0.1) is 11.4 Å². The SMILES string of the molecule is c1ccc(-c2ccc(C3Nc4ccccc4N3c3ccc(-c4c5ccccc5c(-c5ccc6ccccc6c5)c5ccccc45)cc3)cc2)cc1. The molecule has 1 heterocycles. The van der Waals surface area contributed by atoms with Crippen molar-refractivity contribution < 1.29 is 0 Å². The predicted octanol–water partition coefficient (Wildman–Crippen LogP) is 13.4. The second-order valence-electron chi connectivity index (χ2n) is 13.4. The molecule has 0 spiro atoms. The number of benzene rings is 9. The van der Waals surface area contributed by atoms with Gasteiger partial charge in [0.1, 0.15) is 6.17 Å². The Bertz CT molecular complexity index is 2650. The Morgan fingerprint density at radius 1 is 0.373 bits per heavy atom. The molecule has 0 bridgehead atoms. The van der Waals surface area contributed by atoms with E-state index in [0.717, 1.165) is 11.4 Å². The standard InChI is InChI=1S/C49H34N2/c1-2-12-33(13-3-1)35-22-25-37(26-23-35)49-50-45-20-10-11-21-46(45)51(49)40-30-28-36(29-31-40)47-41-16-6-8-18-43(41)48(44-19-9-7-17-42(44)47)39-27-24-34-14-4-5-15-38(34)32-39/h1-32,49-50H. The van der Waals surface area contributed by atoms with E-state index in [2.05, 4.69) is 204 Å². The van der Waals surface area contributed by atoms with Crippen LogP contribution in [0.25, 0.3) is 65.7 Å². The minimum Gasteiger partial charge on any atom is -0.359 e. The maximum atomic E-state index is 3.81. The Morgan fingerprint density at radius 3 is 1.57 bits per heavy atom. The number of nitrogens with one attached hydrogen (secondary N) is 1. The lowest BCUT2D eigenvalue weighted by molar-refractivity contribution is 0.828. The van der Waals surface area contributed by atoms with Crippen molar-refractivity contribution in [2.75, 3.05) is 10.2 Å². The molecule has 1 unspecified atom stereocenters. The third kappa shape index (κ3) is 4.95. The summed E-state index contributed by atoms with van der Waals surface area (Å²) >= 11 is 0. The van der Waals surface area contributed by atoms with Crippen LogP contribution in [0.3, 0.4) is 0 Å². The second kappa shape index (κ2) is 12.0. The van der Waals surface area contributed by atoms with E-state index >= 15 is 0 Å². The maximum absolute atomic E-state index is 3.81. The molecule has 0 aliphatic carbocycles. The number of fused-ring (bicyclic) bond motifs is 4. The molecule has 1 atom stereocenters. The smallest absolute Gasteiger partial charge is 0.130 e. The molecular formula is C49H34N2. The van der Waals surface area contributed by atoms with E-state index in [4.69, 9.17) is 0 Å². The van der Waals surface area contributed by atoms with Gasteiger partial charge >= 0.3 is 0 Å². The van der Waals surface area contributed by atoms with Gasteiger partial charge < -0.3 is 10.2 Å². The highest BCUT2D eigenvalue weighted by Gasteiger charge is 2.31. The van der Waals surface area contributed by atoms with Gasteiger partial charge in [0, 0.05) is 5.69 Å². The number of para-hydroxylation sites is 2. The van der Waals surface area contributed by atoms with Gasteiger partial charge in [0.2, 0.25) is 0 Å². The Labute approximate surface area is 297 Å². The lowest BCUT2D eigenvalue weighted by atomic mass is 9.85. The third-order valence-corrected chi connectivity index (χ3v) is 10.5. The summed E-state index contributed by atoms with van der Waals surface area (Å²) in [7, 11) is 0. The molecule has 0 aromatic heterocycles. The molecule has 1 N–H and O–H groups in total. The normalized spacial score (nSPS) is 13.8. The first-order chi connectivity index (χ1) is 25.3. The Kier molecular flexibility index (Phi) is 6.92. The van der Waals surface area contributed by atoms with Gasteiger partial charge in [-0.15, -0.1) is 0 Å². The highest BCUT2D eigenvalue weighted by Crippen LogP contribution is 2.48. The van der Waals surface area contributed by atoms with Crippen LogP contribution in [0.2, 0.25) is 0 Å². The number of anilines is 3. The van der Waals surface area contributed by atoms with Gasteiger partial charge in [0.25, 0.3) is 0 Å². The molecule has 1 aliphatic heterocycles. The van der Waals surface area contributed by atoms with Crippen molar-refractivity contribution in [1.29, 1.82) is 0 Å². The van der Waals surface area contributed by atoms with Crippen molar-refractivity contribution >= 4 is 49.4 Å². The first-order valence-electron chi connectivity index (χ1n) is 17.6. The second-order valence-corrected chi connectivity index (χ2v) is 13.4. The first kappa shape index (κ1) is 29.3. The summed E-state index contributed by atoms with van der Waals surface area (Å²) in [6.45, 7) is 0. The molecule has 240 valence electrons. The van der Waals surface area contributed by atoms with E-state index in [9.17, 15) is 0 Å². The molecule has 9 aromatic carbocycles. The van der Waals surface area contributed by atoms with Crippen LogP contribution in [0.1, 0.15) is 11.7 Å². The van der Waals surface area contributed by atoms with E-state index in [1.807, 2.05) is 0 Å². The third-order valence-electron chi connectivity index (χ3n) is 10.5. The van der Waals surface area contributed by atoms with E-state index in [-0.39, 0.29) is 6.17 Å². The van der Waals surface area contributed by atoms with E-state index in [1.165, 1.54) is 76.9 Å². The van der Waals surface area contributed by atoms with Crippen LogP contribution in [-0.4, -0.2) is 0 Å². The number of rotatable bonds is 5. The van der Waals surface area contributed by atoms with Crippen LogP contribution in [0, 0.1) is 0 Å². The minimum absolute atomic E-state index is 0.0269. The van der Waals surface area contributed by atoms with Crippen molar-refractivity contribution in [3.05, 3.63) is 200 Å². The predicted molar refractivity (Wildman–Crippen MR) is 217 cm³/mol. The number of hydrogen-bond donors (Lipinski definition) is 1. The van der Waals surface area contributed by atoms with Gasteiger partial charge in [-0.1, -0.05) is 164 Å². The minimum atomic E-state index is -0.0269. The van der Waals surface area contributed by atoms with Gasteiger partial charge in [-0.25, -0.2) is 0 Å². The van der Waals surface area contributed by atoms with Crippen molar-refractivity contribution in [3.63, 3.8) is 0 Å². The van der Waals surface area contributed by atoms with E-state index in [1.54, 1.807) is 0 Å². The Balaban J connectivity index is 1.08. The van der Waals surface area contributed by atoms with Gasteiger partial charge in [0.15, 0.2) is 0 Å². The highest BCUT2D eigenvalue weighted by atomic mass is 15.3. The zero-order valence-electron chi connectivity index (χ0n) is 28.0. The molecule has 51 heavy (non-hydrogen) atoms. The topological polar surface area (TPSA) is 15.3 Å². The molecular weight excluding hydrogens is 617 g/mol. The molecule has 0 saturated heterocycles. The highest BCUT2D eigenvalue weighted by molar-refractivity contribution is 6.21. The summed E-state index contributed by atoms with van der Waals surface area (Å²) in [4.78, 5) is 2.43. The fourth-order valence-electron chi connectivity index (χ4n) is 8.05. The molecule has 0 saturated carbocycles. The molecule has 10 rings (SSSR count). The van der Waals surface area contributed by atoms with Crippen LogP contribution in [0.4, 0.5) is 17.1 Å². The maximum Gasteiger partial charge on any atom is 0.130 e. The molecule has 2 nitrogen and oxygen atoms in total. The average molecular weight is 651 g/mol. The van der Waals surface area contributed by atoms with Crippen LogP contribution >= 0.6 is 0 Å². The molecule has 0 fully saturated rings. The van der Waals surface area contributed by atoms with Crippen LogP contribution in [0.5, 0.6) is 0 Å². The molecule has 1 aliphatic rings. The van der Waals surface area contributed by atoms with Crippen molar-refractivity contribution in [3.8, 4) is 33.4 Å². The van der Waals surface area contributed by atoms with Crippen molar-refractivity contribution in [2.45, 2.75) is 6.17 Å². The summed E-state index contributed by atoms with van der Waals surface area (Å²) in [6, 6.07) is 70.6.